The first-order valence-electron chi connectivity index (χ1n) is 6.83. The summed E-state index contributed by atoms with van der Waals surface area (Å²) in [5.41, 5.74) is 0. The van der Waals surface area contributed by atoms with E-state index in [1.54, 1.807) is 17.5 Å². The number of imidazole rings is 1. The van der Waals surface area contributed by atoms with Crippen molar-refractivity contribution in [3.8, 4) is 0 Å². The predicted molar refractivity (Wildman–Crippen MR) is 78.5 cm³/mol. The van der Waals surface area contributed by atoms with Crippen molar-refractivity contribution in [1.29, 1.82) is 0 Å². The van der Waals surface area contributed by atoms with Gasteiger partial charge in [-0.05, 0) is 30.7 Å². The minimum absolute atomic E-state index is 0.292. The van der Waals surface area contributed by atoms with Crippen LogP contribution in [0, 0.1) is 0 Å². The second kappa shape index (κ2) is 7.24. The highest BCUT2D eigenvalue weighted by atomic mass is 32.1. The number of carbonyl (C=O) groups excluding carboxylic acids is 1. The zero-order valence-electron chi connectivity index (χ0n) is 11.3. The molecule has 2 aromatic rings. The molecular weight excluding hydrogens is 256 g/mol. The Morgan fingerprint density at radius 2 is 2.37 bits per heavy atom. The maximum absolute atomic E-state index is 11.9. The Balaban J connectivity index is 1.76. The lowest BCUT2D eigenvalue weighted by Crippen LogP contribution is -2.10. The summed E-state index contributed by atoms with van der Waals surface area (Å²) < 4.78 is 2.08. The Morgan fingerprint density at radius 3 is 3.11 bits per heavy atom. The van der Waals surface area contributed by atoms with Gasteiger partial charge in [-0.15, -0.1) is 11.3 Å². The van der Waals surface area contributed by atoms with E-state index in [2.05, 4.69) is 34.0 Å². The molecule has 0 aromatic carbocycles. The van der Waals surface area contributed by atoms with Crippen molar-refractivity contribution in [3.63, 3.8) is 0 Å². The average Bonchev–Trinajstić information content (AvgIpc) is 3.02. The van der Waals surface area contributed by atoms with Crippen LogP contribution in [0.4, 0.5) is 0 Å². The van der Waals surface area contributed by atoms with Gasteiger partial charge in [0.15, 0.2) is 0 Å². The van der Waals surface area contributed by atoms with E-state index in [4.69, 9.17) is 0 Å². The number of thiophene rings is 1. The highest BCUT2D eigenvalue weighted by molar-refractivity contribution is 7.09. The standard InChI is InChI=1S/C15H20N2OS/c1-2-9-17-10-8-16-15(17)12-13(18)5-3-6-14-7-4-11-19-14/h4,7-8,10-11H,2-3,5-6,9,12H2,1H3. The SMILES string of the molecule is CCCn1ccnc1CC(=O)CCCc1cccs1. The predicted octanol–water partition coefficient (Wildman–Crippen LogP) is 3.49. The lowest BCUT2D eigenvalue weighted by atomic mass is 10.1. The van der Waals surface area contributed by atoms with E-state index >= 15 is 0 Å². The number of rotatable bonds is 8. The van der Waals surface area contributed by atoms with Crippen LogP contribution in [-0.2, 0) is 24.2 Å². The topological polar surface area (TPSA) is 34.9 Å². The van der Waals surface area contributed by atoms with Crippen LogP contribution in [0.5, 0.6) is 0 Å². The van der Waals surface area contributed by atoms with Crippen LogP contribution in [0.1, 0.15) is 36.9 Å². The molecule has 0 radical (unpaired) electrons. The number of Topliss-reactive ketones (excluding diaryl/α,β-unsaturated/α-hetero) is 1. The van der Waals surface area contributed by atoms with Crippen molar-refractivity contribution in [2.75, 3.05) is 0 Å². The first-order valence-corrected chi connectivity index (χ1v) is 7.71. The van der Waals surface area contributed by atoms with Gasteiger partial charge in [0.05, 0.1) is 6.42 Å². The molecular formula is C15H20N2OS. The molecule has 4 heteroatoms. The number of aromatic nitrogens is 2. The highest BCUT2D eigenvalue weighted by Crippen LogP contribution is 2.12. The second-order valence-electron chi connectivity index (χ2n) is 4.69. The highest BCUT2D eigenvalue weighted by Gasteiger charge is 2.09. The van der Waals surface area contributed by atoms with Crippen LogP contribution in [0.2, 0.25) is 0 Å². The number of hydrogen-bond donors (Lipinski definition) is 0. The third-order valence-electron chi connectivity index (χ3n) is 3.08. The number of ketones is 1. The van der Waals surface area contributed by atoms with Gasteiger partial charge in [-0.25, -0.2) is 4.98 Å². The summed E-state index contributed by atoms with van der Waals surface area (Å²) in [6.07, 6.45) is 7.87. The maximum Gasteiger partial charge on any atom is 0.140 e. The first-order chi connectivity index (χ1) is 9.29. The minimum atomic E-state index is 0.292. The molecule has 0 atom stereocenters. The maximum atomic E-state index is 11.9. The van der Waals surface area contributed by atoms with Gasteiger partial charge in [-0.1, -0.05) is 13.0 Å². The molecule has 3 nitrogen and oxygen atoms in total. The van der Waals surface area contributed by atoms with Crippen molar-refractivity contribution in [3.05, 3.63) is 40.6 Å². The molecule has 0 amide bonds. The van der Waals surface area contributed by atoms with E-state index in [0.717, 1.165) is 31.6 Å². The van der Waals surface area contributed by atoms with Crippen LogP contribution in [0.15, 0.2) is 29.9 Å². The van der Waals surface area contributed by atoms with Gasteiger partial charge < -0.3 is 4.57 Å². The molecule has 0 N–H and O–H groups in total. The summed E-state index contributed by atoms with van der Waals surface area (Å²) in [5, 5.41) is 2.08. The summed E-state index contributed by atoms with van der Waals surface area (Å²) in [6.45, 7) is 3.07. The van der Waals surface area contributed by atoms with Crippen LogP contribution in [0.3, 0.4) is 0 Å². The Hall–Kier alpha value is -1.42. The third kappa shape index (κ3) is 4.31. The monoisotopic (exact) mass is 276 g/mol. The van der Waals surface area contributed by atoms with E-state index in [9.17, 15) is 4.79 Å². The van der Waals surface area contributed by atoms with Gasteiger partial charge in [0.1, 0.15) is 11.6 Å². The first kappa shape index (κ1) is 14.0. The lowest BCUT2D eigenvalue weighted by molar-refractivity contribution is -0.118. The van der Waals surface area contributed by atoms with Crippen molar-refractivity contribution < 1.29 is 4.79 Å². The lowest BCUT2D eigenvalue weighted by Gasteiger charge is -2.05. The van der Waals surface area contributed by atoms with Crippen molar-refractivity contribution >= 4 is 17.1 Å². The molecule has 0 spiro atoms. The molecule has 0 bridgehead atoms. The molecule has 2 heterocycles. The van der Waals surface area contributed by atoms with E-state index in [1.807, 2.05) is 6.20 Å². The molecule has 0 aliphatic carbocycles. The summed E-state index contributed by atoms with van der Waals surface area (Å²) >= 11 is 1.76. The Kier molecular flexibility index (Phi) is 5.33. The van der Waals surface area contributed by atoms with Crippen LogP contribution < -0.4 is 0 Å². The molecule has 0 fully saturated rings. The van der Waals surface area contributed by atoms with Gasteiger partial charge in [0, 0.05) is 30.2 Å². The average molecular weight is 276 g/mol. The molecule has 0 saturated heterocycles. The minimum Gasteiger partial charge on any atom is -0.335 e. The van der Waals surface area contributed by atoms with Gasteiger partial charge in [0.25, 0.3) is 0 Å². The number of nitrogens with zero attached hydrogens (tertiary/aromatic N) is 2. The fraction of sp³-hybridized carbons (Fsp3) is 0.467. The summed E-state index contributed by atoms with van der Waals surface area (Å²) in [4.78, 5) is 17.6. The second-order valence-corrected chi connectivity index (χ2v) is 5.72. The number of carbonyl (C=O) groups is 1. The summed E-state index contributed by atoms with van der Waals surface area (Å²) in [7, 11) is 0. The molecule has 0 unspecified atom stereocenters. The Morgan fingerprint density at radius 1 is 1.47 bits per heavy atom. The van der Waals surface area contributed by atoms with Crippen molar-refractivity contribution in [2.45, 2.75) is 45.6 Å². The molecule has 0 aliphatic rings. The smallest absolute Gasteiger partial charge is 0.140 e. The fourth-order valence-corrected chi connectivity index (χ4v) is 2.88. The van der Waals surface area contributed by atoms with E-state index in [-0.39, 0.29) is 0 Å². The zero-order valence-corrected chi connectivity index (χ0v) is 12.2. The molecule has 2 aromatic heterocycles. The van der Waals surface area contributed by atoms with Gasteiger partial charge in [-0.3, -0.25) is 4.79 Å². The Labute approximate surface area is 118 Å². The molecule has 19 heavy (non-hydrogen) atoms. The Bertz CT molecular complexity index is 502. The molecule has 2 rings (SSSR count). The molecule has 102 valence electrons. The number of hydrogen-bond acceptors (Lipinski definition) is 3. The van der Waals surface area contributed by atoms with Crippen LogP contribution >= 0.6 is 11.3 Å². The third-order valence-corrected chi connectivity index (χ3v) is 4.02. The van der Waals surface area contributed by atoms with Crippen LogP contribution in [-0.4, -0.2) is 15.3 Å². The summed E-state index contributed by atoms with van der Waals surface area (Å²) in [6, 6.07) is 4.19. The van der Waals surface area contributed by atoms with Gasteiger partial charge >= 0.3 is 0 Å². The van der Waals surface area contributed by atoms with Crippen molar-refractivity contribution in [2.24, 2.45) is 0 Å². The largest absolute Gasteiger partial charge is 0.335 e. The molecule has 0 saturated carbocycles. The van der Waals surface area contributed by atoms with Gasteiger partial charge in [-0.2, -0.15) is 0 Å². The van der Waals surface area contributed by atoms with Gasteiger partial charge in [0.2, 0.25) is 0 Å². The quantitative estimate of drug-likeness (QED) is 0.739. The fourth-order valence-electron chi connectivity index (χ4n) is 2.13. The van der Waals surface area contributed by atoms with E-state index in [0.29, 0.717) is 18.6 Å². The van der Waals surface area contributed by atoms with E-state index in [1.165, 1.54) is 4.88 Å². The molecule has 0 aliphatic heterocycles. The van der Waals surface area contributed by atoms with Crippen LogP contribution in [0.25, 0.3) is 0 Å². The normalized spacial score (nSPS) is 10.8. The number of aryl methyl sites for hydroxylation is 2. The van der Waals surface area contributed by atoms with Crippen molar-refractivity contribution in [1.82, 2.24) is 9.55 Å². The van der Waals surface area contributed by atoms with E-state index < -0.39 is 0 Å². The zero-order chi connectivity index (χ0) is 13.5. The summed E-state index contributed by atoms with van der Waals surface area (Å²) in [5.74, 6) is 1.20.